The molecular weight excluding hydrogens is 446 g/mol. The molecule has 0 atom stereocenters. The number of hydrogen-bond acceptors (Lipinski definition) is 5. The SMILES string of the molecule is Cc1cc(C)c(Cn2nc(-c3ccccc3)cc2C(=O)CS(=O)(=O)c2cccc(N)c2)c(C)c1. The normalized spacial score (nSPS) is 11.5. The predicted molar refractivity (Wildman–Crippen MR) is 135 cm³/mol. The fourth-order valence-electron chi connectivity index (χ4n) is 4.16. The number of aromatic nitrogens is 2. The van der Waals surface area contributed by atoms with E-state index in [1.807, 2.05) is 51.1 Å². The number of nitrogens with zero attached hydrogens (tertiary/aromatic N) is 2. The van der Waals surface area contributed by atoms with Crippen LogP contribution in [0.5, 0.6) is 0 Å². The summed E-state index contributed by atoms with van der Waals surface area (Å²) in [6.07, 6.45) is 0. The van der Waals surface area contributed by atoms with Crippen LogP contribution in [0.2, 0.25) is 0 Å². The number of anilines is 1. The predicted octanol–water partition coefficient (Wildman–Crippen LogP) is 4.76. The van der Waals surface area contributed by atoms with Crippen LogP contribution >= 0.6 is 0 Å². The number of carbonyl (C=O) groups excluding carboxylic acids is 1. The first-order valence-electron chi connectivity index (χ1n) is 11.0. The summed E-state index contributed by atoms with van der Waals surface area (Å²) in [4.78, 5) is 13.4. The second-order valence-corrected chi connectivity index (χ2v) is 10.6. The maximum absolute atomic E-state index is 13.3. The molecule has 1 aromatic heterocycles. The van der Waals surface area contributed by atoms with Gasteiger partial charge in [-0.25, -0.2) is 8.42 Å². The summed E-state index contributed by atoms with van der Waals surface area (Å²) < 4.78 is 27.5. The van der Waals surface area contributed by atoms with Crippen molar-refractivity contribution >= 4 is 21.3 Å². The van der Waals surface area contributed by atoms with Crippen LogP contribution in [0, 0.1) is 20.8 Å². The number of hydrogen-bond donors (Lipinski definition) is 1. The molecule has 3 aromatic carbocycles. The van der Waals surface area contributed by atoms with E-state index in [1.165, 1.54) is 12.1 Å². The molecule has 0 unspecified atom stereocenters. The Hall–Kier alpha value is -3.71. The van der Waals surface area contributed by atoms with Gasteiger partial charge in [-0.05, 0) is 61.7 Å². The number of benzene rings is 3. The second-order valence-electron chi connectivity index (χ2n) is 8.57. The van der Waals surface area contributed by atoms with Crippen molar-refractivity contribution in [2.24, 2.45) is 0 Å². The van der Waals surface area contributed by atoms with Crippen LogP contribution in [0.4, 0.5) is 5.69 Å². The number of nitrogen functional groups attached to an aromatic ring is 1. The quantitative estimate of drug-likeness (QED) is 0.308. The van der Waals surface area contributed by atoms with Gasteiger partial charge in [0.15, 0.2) is 15.6 Å². The van der Waals surface area contributed by atoms with Gasteiger partial charge in [-0.3, -0.25) is 9.48 Å². The molecule has 2 N–H and O–H groups in total. The van der Waals surface area contributed by atoms with E-state index in [0.717, 1.165) is 27.8 Å². The fraction of sp³-hybridized carbons (Fsp3) is 0.185. The van der Waals surface area contributed by atoms with Crippen molar-refractivity contribution in [2.75, 3.05) is 11.5 Å². The lowest BCUT2D eigenvalue weighted by Gasteiger charge is -2.13. The van der Waals surface area contributed by atoms with E-state index in [-0.39, 0.29) is 10.6 Å². The van der Waals surface area contributed by atoms with Gasteiger partial charge < -0.3 is 5.73 Å². The van der Waals surface area contributed by atoms with E-state index in [1.54, 1.807) is 22.9 Å². The number of rotatable bonds is 7. The summed E-state index contributed by atoms with van der Waals surface area (Å²) in [6.45, 7) is 6.47. The summed E-state index contributed by atoms with van der Waals surface area (Å²) in [5.41, 5.74) is 12.2. The molecule has 0 radical (unpaired) electrons. The van der Waals surface area contributed by atoms with Crippen molar-refractivity contribution in [1.82, 2.24) is 9.78 Å². The second kappa shape index (κ2) is 9.27. The summed E-state index contributed by atoms with van der Waals surface area (Å²) in [6, 6.07) is 21.4. The van der Waals surface area contributed by atoms with Crippen molar-refractivity contribution in [3.8, 4) is 11.3 Å². The molecule has 34 heavy (non-hydrogen) atoms. The zero-order chi connectivity index (χ0) is 24.5. The lowest BCUT2D eigenvalue weighted by atomic mass is 10.00. The van der Waals surface area contributed by atoms with Crippen LogP contribution in [0.3, 0.4) is 0 Å². The molecule has 0 aliphatic carbocycles. The lowest BCUT2D eigenvalue weighted by molar-refractivity contribution is 0.101. The van der Waals surface area contributed by atoms with E-state index in [4.69, 9.17) is 10.8 Å². The van der Waals surface area contributed by atoms with Crippen LogP contribution in [0.1, 0.15) is 32.7 Å². The Morgan fingerprint density at radius 3 is 2.24 bits per heavy atom. The highest BCUT2D eigenvalue weighted by Gasteiger charge is 2.25. The average Bonchev–Trinajstić information content (AvgIpc) is 3.21. The molecule has 7 heteroatoms. The first-order chi connectivity index (χ1) is 16.1. The molecule has 0 bridgehead atoms. The highest BCUT2D eigenvalue weighted by molar-refractivity contribution is 7.92. The molecule has 0 fully saturated rings. The van der Waals surface area contributed by atoms with E-state index in [9.17, 15) is 13.2 Å². The van der Waals surface area contributed by atoms with Crippen LogP contribution in [-0.2, 0) is 16.4 Å². The van der Waals surface area contributed by atoms with E-state index in [2.05, 4.69) is 12.1 Å². The smallest absolute Gasteiger partial charge is 0.196 e. The largest absolute Gasteiger partial charge is 0.399 e. The standard InChI is InChI=1S/C27H27N3O3S/c1-18-12-19(2)24(20(3)13-18)16-30-26(15-25(29-30)21-8-5-4-6-9-21)27(31)17-34(32,33)23-11-7-10-22(28)14-23/h4-15H,16-17,28H2,1-3H3. The molecule has 0 saturated heterocycles. The Kier molecular flexibility index (Phi) is 6.39. The average molecular weight is 474 g/mol. The van der Waals surface area contributed by atoms with Crippen LogP contribution in [0.15, 0.2) is 77.7 Å². The van der Waals surface area contributed by atoms with Gasteiger partial charge in [0.05, 0.1) is 17.1 Å². The third-order valence-electron chi connectivity index (χ3n) is 5.82. The fourth-order valence-corrected chi connectivity index (χ4v) is 5.42. The van der Waals surface area contributed by atoms with E-state index in [0.29, 0.717) is 17.9 Å². The van der Waals surface area contributed by atoms with Crippen LogP contribution in [-0.4, -0.2) is 29.7 Å². The van der Waals surface area contributed by atoms with Crippen molar-refractivity contribution in [1.29, 1.82) is 0 Å². The van der Waals surface area contributed by atoms with Gasteiger partial charge in [-0.15, -0.1) is 0 Å². The number of Topliss-reactive ketones (excluding diaryl/α,β-unsaturated/α-hetero) is 1. The van der Waals surface area contributed by atoms with Crippen molar-refractivity contribution in [3.05, 3.63) is 101 Å². The van der Waals surface area contributed by atoms with E-state index < -0.39 is 21.4 Å². The number of ketones is 1. The minimum absolute atomic E-state index is 0.0282. The zero-order valence-electron chi connectivity index (χ0n) is 19.4. The highest BCUT2D eigenvalue weighted by atomic mass is 32.2. The monoisotopic (exact) mass is 473 g/mol. The summed E-state index contributed by atoms with van der Waals surface area (Å²) in [5.74, 6) is -1.18. The highest BCUT2D eigenvalue weighted by Crippen LogP contribution is 2.24. The Balaban J connectivity index is 1.75. The molecule has 6 nitrogen and oxygen atoms in total. The van der Waals surface area contributed by atoms with Gasteiger partial charge in [-0.2, -0.15) is 5.10 Å². The first-order valence-corrected chi connectivity index (χ1v) is 12.6. The van der Waals surface area contributed by atoms with Gasteiger partial charge in [0.1, 0.15) is 11.4 Å². The van der Waals surface area contributed by atoms with Crippen molar-refractivity contribution < 1.29 is 13.2 Å². The summed E-state index contributed by atoms with van der Waals surface area (Å²) in [5, 5.41) is 4.70. The third-order valence-corrected chi connectivity index (χ3v) is 7.44. The molecule has 0 aliphatic rings. The Labute approximate surface area is 200 Å². The molecule has 0 spiro atoms. The minimum Gasteiger partial charge on any atom is -0.399 e. The van der Waals surface area contributed by atoms with Crippen molar-refractivity contribution in [2.45, 2.75) is 32.2 Å². The van der Waals surface area contributed by atoms with Crippen LogP contribution < -0.4 is 5.73 Å². The molecule has 0 saturated carbocycles. The molecular formula is C27H27N3O3S. The summed E-state index contributed by atoms with van der Waals surface area (Å²) in [7, 11) is -3.87. The van der Waals surface area contributed by atoms with E-state index >= 15 is 0 Å². The number of aryl methyl sites for hydroxylation is 3. The van der Waals surface area contributed by atoms with Gasteiger partial charge in [0, 0.05) is 11.3 Å². The molecule has 4 rings (SSSR count). The maximum Gasteiger partial charge on any atom is 0.196 e. The maximum atomic E-state index is 13.3. The van der Waals surface area contributed by atoms with Gasteiger partial charge >= 0.3 is 0 Å². The molecule has 0 aliphatic heterocycles. The number of carbonyl (C=O) groups is 1. The Morgan fingerprint density at radius 2 is 1.59 bits per heavy atom. The minimum atomic E-state index is -3.87. The number of nitrogens with two attached hydrogens (primary N) is 1. The molecule has 1 heterocycles. The zero-order valence-corrected chi connectivity index (χ0v) is 20.3. The molecule has 4 aromatic rings. The van der Waals surface area contributed by atoms with Gasteiger partial charge in [0.2, 0.25) is 0 Å². The van der Waals surface area contributed by atoms with Gasteiger partial charge in [-0.1, -0.05) is 54.1 Å². The lowest BCUT2D eigenvalue weighted by Crippen LogP contribution is -2.21. The molecule has 0 amide bonds. The number of sulfone groups is 1. The first kappa shape index (κ1) is 23.4. The van der Waals surface area contributed by atoms with Crippen molar-refractivity contribution in [3.63, 3.8) is 0 Å². The Bertz CT molecular complexity index is 1450. The topological polar surface area (TPSA) is 95.0 Å². The Morgan fingerprint density at radius 1 is 0.912 bits per heavy atom. The van der Waals surface area contributed by atoms with Gasteiger partial charge in [0.25, 0.3) is 0 Å². The third kappa shape index (κ3) is 4.94. The molecule has 174 valence electrons. The summed E-state index contributed by atoms with van der Waals surface area (Å²) >= 11 is 0. The van der Waals surface area contributed by atoms with Crippen LogP contribution in [0.25, 0.3) is 11.3 Å².